The molecular formula is C23H17ClN6OS. The SMILES string of the molecule is Cc1cc(C=C2C(=N)N3N=C(c4cccnc4)SC3=NC2=O)c(C)n1-c1ccc(Cl)cc1. The van der Waals surface area contributed by atoms with Gasteiger partial charge in [0.05, 0.1) is 5.57 Å². The highest BCUT2D eigenvalue weighted by molar-refractivity contribution is 8.27. The smallest absolute Gasteiger partial charge is 0.283 e. The van der Waals surface area contributed by atoms with Crippen molar-refractivity contribution in [2.24, 2.45) is 10.1 Å². The molecule has 4 heterocycles. The number of hydrazone groups is 1. The standard InChI is InChI=1S/C23H17ClN6OS/c1-13-10-16(14(2)29(13)18-7-5-17(24)6-8-18)11-19-20(25)30-23(27-21(19)31)32-22(28-30)15-4-3-9-26-12-15/h3-12,25H,1-2H3. The molecule has 3 aromatic rings. The summed E-state index contributed by atoms with van der Waals surface area (Å²) in [5.41, 5.74) is 4.77. The molecule has 7 nitrogen and oxygen atoms in total. The van der Waals surface area contributed by atoms with Gasteiger partial charge in [0.1, 0.15) is 5.04 Å². The molecule has 0 saturated carbocycles. The van der Waals surface area contributed by atoms with Gasteiger partial charge in [-0.05, 0) is 79.7 Å². The Balaban J connectivity index is 1.51. The number of carbonyl (C=O) groups excluding carboxylic acids is 1. The molecule has 1 aromatic carbocycles. The number of rotatable bonds is 3. The summed E-state index contributed by atoms with van der Waals surface area (Å²) in [7, 11) is 0. The van der Waals surface area contributed by atoms with Gasteiger partial charge in [0.25, 0.3) is 5.91 Å². The van der Waals surface area contributed by atoms with Gasteiger partial charge in [0, 0.05) is 40.1 Å². The molecule has 0 radical (unpaired) electrons. The van der Waals surface area contributed by atoms with Crippen LogP contribution < -0.4 is 0 Å². The zero-order chi connectivity index (χ0) is 22.4. The van der Waals surface area contributed by atoms with E-state index >= 15 is 0 Å². The molecule has 0 fully saturated rings. The largest absolute Gasteiger partial charge is 0.318 e. The molecule has 9 heteroatoms. The molecule has 158 valence electrons. The maximum Gasteiger partial charge on any atom is 0.283 e. The van der Waals surface area contributed by atoms with Crippen LogP contribution in [0, 0.1) is 19.3 Å². The summed E-state index contributed by atoms with van der Waals surface area (Å²) in [5.74, 6) is -0.449. The molecule has 0 bridgehead atoms. The molecule has 5 rings (SSSR count). The third kappa shape index (κ3) is 3.47. The first-order valence-electron chi connectivity index (χ1n) is 9.78. The van der Waals surface area contributed by atoms with Crippen LogP contribution in [0.25, 0.3) is 11.8 Å². The van der Waals surface area contributed by atoms with Gasteiger partial charge in [-0.2, -0.15) is 15.1 Å². The number of amidine groups is 2. The molecule has 0 atom stereocenters. The Kier molecular flexibility index (Phi) is 5.03. The molecule has 0 unspecified atom stereocenters. The van der Waals surface area contributed by atoms with E-state index in [2.05, 4.69) is 19.6 Å². The number of hydrogen-bond donors (Lipinski definition) is 1. The second kappa shape index (κ2) is 7.89. The van der Waals surface area contributed by atoms with Crippen molar-refractivity contribution in [2.45, 2.75) is 13.8 Å². The zero-order valence-corrected chi connectivity index (χ0v) is 18.8. The van der Waals surface area contributed by atoms with Crippen LogP contribution in [0.5, 0.6) is 0 Å². The summed E-state index contributed by atoms with van der Waals surface area (Å²) in [6.07, 6.45) is 5.09. The fourth-order valence-electron chi connectivity index (χ4n) is 3.67. The van der Waals surface area contributed by atoms with Crippen molar-refractivity contribution in [1.29, 1.82) is 5.41 Å². The molecule has 2 aromatic heterocycles. The number of aromatic nitrogens is 2. The molecule has 0 saturated heterocycles. The lowest BCUT2D eigenvalue weighted by Gasteiger charge is -2.20. The maximum absolute atomic E-state index is 12.8. The molecule has 32 heavy (non-hydrogen) atoms. The van der Waals surface area contributed by atoms with Crippen LogP contribution >= 0.6 is 23.4 Å². The minimum Gasteiger partial charge on any atom is -0.318 e. The second-order valence-corrected chi connectivity index (χ2v) is 8.70. The van der Waals surface area contributed by atoms with E-state index in [-0.39, 0.29) is 11.4 Å². The molecular weight excluding hydrogens is 444 g/mol. The van der Waals surface area contributed by atoms with Gasteiger partial charge in [-0.25, -0.2) is 0 Å². The monoisotopic (exact) mass is 460 g/mol. The van der Waals surface area contributed by atoms with Crippen LogP contribution in [0.1, 0.15) is 22.5 Å². The summed E-state index contributed by atoms with van der Waals surface area (Å²) < 4.78 is 2.08. The van der Waals surface area contributed by atoms with E-state index in [1.807, 2.05) is 56.3 Å². The third-order valence-electron chi connectivity index (χ3n) is 5.22. The third-order valence-corrected chi connectivity index (χ3v) is 6.43. The maximum atomic E-state index is 12.8. The van der Waals surface area contributed by atoms with E-state index in [0.717, 1.165) is 28.2 Å². The van der Waals surface area contributed by atoms with Crippen LogP contribution in [0.2, 0.25) is 5.02 Å². The van der Waals surface area contributed by atoms with E-state index in [1.54, 1.807) is 18.5 Å². The van der Waals surface area contributed by atoms with Crippen LogP contribution in [-0.2, 0) is 4.79 Å². The normalized spacial score (nSPS) is 17.0. The quantitative estimate of drug-likeness (QED) is 0.568. The fraction of sp³-hybridized carbons (Fsp3) is 0.0870. The lowest BCUT2D eigenvalue weighted by Crippen LogP contribution is -2.35. The number of aryl methyl sites for hydroxylation is 1. The van der Waals surface area contributed by atoms with Crippen molar-refractivity contribution in [2.75, 3.05) is 0 Å². The minimum atomic E-state index is -0.451. The first kappa shape index (κ1) is 20.4. The Morgan fingerprint density at radius 2 is 1.94 bits per heavy atom. The lowest BCUT2D eigenvalue weighted by atomic mass is 10.1. The van der Waals surface area contributed by atoms with Crippen molar-refractivity contribution in [1.82, 2.24) is 14.6 Å². The van der Waals surface area contributed by atoms with Crippen LogP contribution in [0.3, 0.4) is 0 Å². The van der Waals surface area contributed by atoms with Crippen LogP contribution in [0.4, 0.5) is 0 Å². The highest BCUT2D eigenvalue weighted by atomic mass is 35.5. The summed E-state index contributed by atoms with van der Waals surface area (Å²) in [5, 5.41) is 16.2. The van der Waals surface area contributed by atoms with Gasteiger partial charge < -0.3 is 4.57 Å². The number of amides is 1. The number of aliphatic imine (C=N–C) groups is 1. The van der Waals surface area contributed by atoms with Gasteiger partial charge in [0.2, 0.25) is 5.17 Å². The Morgan fingerprint density at radius 1 is 1.16 bits per heavy atom. The molecule has 0 aliphatic carbocycles. The van der Waals surface area contributed by atoms with Gasteiger partial charge in [-0.3, -0.25) is 15.2 Å². The van der Waals surface area contributed by atoms with Gasteiger partial charge in [-0.15, -0.1) is 0 Å². The predicted octanol–water partition coefficient (Wildman–Crippen LogP) is 4.81. The molecule has 2 aliphatic heterocycles. The topological polar surface area (TPSA) is 86.7 Å². The average molecular weight is 461 g/mol. The Labute approximate surface area is 193 Å². The number of hydrogen-bond acceptors (Lipinski definition) is 5. The molecule has 1 N–H and O–H groups in total. The first-order valence-corrected chi connectivity index (χ1v) is 11.0. The zero-order valence-electron chi connectivity index (χ0n) is 17.2. The van der Waals surface area contributed by atoms with Crippen LogP contribution in [-0.4, -0.2) is 36.5 Å². The number of nitrogens with one attached hydrogen (secondary N) is 1. The predicted molar refractivity (Wildman–Crippen MR) is 129 cm³/mol. The molecule has 2 aliphatic rings. The molecule has 1 amide bonds. The summed E-state index contributed by atoms with van der Waals surface area (Å²) in [6, 6.07) is 13.3. The van der Waals surface area contributed by atoms with Crippen LogP contribution in [0.15, 0.2) is 70.5 Å². The van der Waals surface area contributed by atoms with E-state index in [0.29, 0.717) is 15.2 Å². The first-order chi connectivity index (χ1) is 15.4. The Bertz CT molecular complexity index is 1360. The average Bonchev–Trinajstić information content (AvgIpc) is 3.33. The fourth-order valence-corrected chi connectivity index (χ4v) is 4.68. The highest BCUT2D eigenvalue weighted by Crippen LogP contribution is 2.31. The number of carbonyl (C=O) groups is 1. The number of halogens is 1. The number of fused-ring (bicyclic) bond motifs is 1. The van der Waals surface area contributed by atoms with Crippen molar-refractivity contribution in [3.63, 3.8) is 0 Å². The second-order valence-electron chi connectivity index (χ2n) is 7.31. The number of benzene rings is 1. The lowest BCUT2D eigenvalue weighted by molar-refractivity contribution is -0.114. The summed E-state index contributed by atoms with van der Waals surface area (Å²) >= 11 is 7.28. The minimum absolute atomic E-state index is 0.00249. The van der Waals surface area contributed by atoms with Crippen molar-refractivity contribution < 1.29 is 4.79 Å². The Hall–Kier alpha value is -3.49. The van der Waals surface area contributed by atoms with Crippen molar-refractivity contribution in [3.05, 3.63) is 88.0 Å². The van der Waals surface area contributed by atoms with Gasteiger partial charge in [-0.1, -0.05) is 11.6 Å². The summed E-state index contributed by atoms with van der Waals surface area (Å²) in [4.78, 5) is 21.1. The van der Waals surface area contributed by atoms with Crippen molar-refractivity contribution in [3.8, 4) is 5.69 Å². The number of thioether (sulfide) groups is 1. The van der Waals surface area contributed by atoms with Gasteiger partial charge in [0.15, 0.2) is 5.84 Å². The van der Waals surface area contributed by atoms with E-state index in [1.165, 1.54) is 16.8 Å². The van der Waals surface area contributed by atoms with E-state index in [4.69, 9.17) is 17.0 Å². The summed E-state index contributed by atoms with van der Waals surface area (Å²) in [6.45, 7) is 3.97. The number of pyridine rings is 1. The van der Waals surface area contributed by atoms with Crippen molar-refractivity contribution >= 4 is 51.4 Å². The van der Waals surface area contributed by atoms with E-state index in [9.17, 15) is 4.79 Å². The van der Waals surface area contributed by atoms with Gasteiger partial charge >= 0.3 is 0 Å². The Morgan fingerprint density at radius 3 is 2.66 bits per heavy atom. The number of nitrogens with zero attached hydrogens (tertiary/aromatic N) is 5. The molecule has 0 spiro atoms. The highest BCUT2D eigenvalue weighted by Gasteiger charge is 2.36. The van der Waals surface area contributed by atoms with E-state index < -0.39 is 5.91 Å².